The maximum atomic E-state index is 13.9. The summed E-state index contributed by atoms with van der Waals surface area (Å²) in [6.45, 7) is 1.19. The normalized spacial score (nSPS) is 17.0. The number of thiazole rings is 1. The molecule has 2 N–H and O–H groups in total. The molecule has 0 radical (unpaired) electrons. The van der Waals surface area contributed by atoms with Crippen LogP contribution in [0.5, 0.6) is 0 Å². The number of hydrogen-bond donors (Lipinski definition) is 1. The topological polar surface area (TPSA) is 77.0 Å². The molecule has 1 atom stereocenters. The minimum Gasteiger partial charge on any atom is -0.333 e. The molecule has 0 aliphatic carbocycles. The van der Waals surface area contributed by atoms with Crippen LogP contribution >= 0.6 is 11.3 Å². The highest BCUT2D eigenvalue weighted by Gasteiger charge is 2.29. The van der Waals surface area contributed by atoms with E-state index in [0.29, 0.717) is 22.9 Å². The number of carbonyl (C=O) groups is 1. The lowest BCUT2D eigenvalue weighted by Gasteiger charge is -2.22. The summed E-state index contributed by atoms with van der Waals surface area (Å²) >= 11 is 1.37. The summed E-state index contributed by atoms with van der Waals surface area (Å²) in [7, 11) is 0. The summed E-state index contributed by atoms with van der Waals surface area (Å²) in [6.07, 6.45) is 5.25. The van der Waals surface area contributed by atoms with Gasteiger partial charge in [0, 0.05) is 36.3 Å². The van der Waals surface area contributed by atoms with E-state index in [-0.39, 0.29) is 17.8 Å². The van der Waals surface area contributed by atoms with Gasteiger partial charge >= 0.3 is 0 Å². The van der Waals surface area contributed by atoms with Crippen molar-refractivity contribution >= 4 is 17.2 Å². The molecule has 2 aromatic heterocycles. The Morgan fingerprint density at radius 2 is 2.23 bits per heavy atom. The van der Waals surface area contributed by atoms with Gasteiger partial charge < -0.3 is 10.6 Å². The van der Waals surface area contributed by atoms with E-state index >= 15 is 0 Å². The second-order valence-electron chi connectivity index (χ2n) is 6.19. The Bertz CT molecular complexity index is 937. The molecule has 6 nitrogen and oxygen atoms in total. The fourth-order valence-corrected chi connectivity index (χ4v) is 3.97. The van der Waals surface area contributed by atoms with Crippen LogP contribution in [0.3, 0.4) is 0 Å². The molecule has 3 heterocycles. The second-order valence-corrected chi connectivity index (χ2v) is 7.05. The van der Waals surface area contributed by atoms with Crippen molar-refractivity contribution in [3.8, 4) is 16.3 Å². The molecule has 26 heavy (non-hydrogen) atoms. The Morgan fingerprint density at radius 1 is 1.38 bits per heavy atom. The third-order valence-corrected chi connectivity index (χ3v) is 5.45. The zero-order valence-corrected chi connectivity index (χ0v) is 14.8. The van der Waals surface area contributed by atoms with Gasteiger partial charge in [-0.2, -0.15) is 5.10 Å². The summed E-state index contributed by atoms with van der Waals surface area (Å²) in [5.74, 6) is -0.430. The molecule has 1 aliphatic rings. The maximum Gasteiger partial charge on any atom is 0.273 e. The van der Waals surface area contributed by atoms with Crippen molar-refractivity contribution in [3.05, 3.63) is 53.6 Å². The number of nitrogens with two attached hydrogens (primary N) is 1. The van der Waals surface area contributed by atoms with Crippen LogP contribution in [0.15, 0.2) is 42.0 Å². The van der Waals surface area contributed by atoms with E-state index in [4.69, 9.17) is 5.73 Å². The first-order chi connectivity index (χ1) is 12.7. The first-order valence-electron chi connectivity index (χ1n) is 8.44. The van der Waals surface area contributed by atoms with E-state index in [2.05, 4.69) is 10.1 Å². The summed E-state index contributed by atoms with van der Waals surface area (Å²) in [6, 6.07) is 6.53. The maximum absolute atomic E-state index is 13.9. The quantitative estimate of drug-likeness (QED) is 0.765. The van der Waals surface area contributed by atoms with Crippen molar-refractivity contribution in [3.63, 3.8) is 0 Å². The summed E-state index contributed by atoms with van der Waals surface area (Å²) in [5.41, 5.74) is 7.29. The van der Waals surface area contributed by atoms with Gasteiger partial charge in [0.25, 0.3) is 5.91 Å². The lowest BCUT2D eigenvalue weighted by Crippen LogP contribution is -2.40. The SMILES string of the molecule is NC[C@H]1CCCN1C(=O)c1csc(-c2cnn(-c3ccccc3F)c2)n1. The van der Waals surface area contributed by atoms with Gasteiger partial charge in [-0.1, -0.05) is 12.1 Å². The van der Waals surface area contributed by atoms with Crippen molar-refractivity contribution in [2.75, 3.05) is 13.1 Å². The molecule has 1 fully saturated rings. The summed E-state index contributed by atoms with van der Waals surface area (Å²) in [5, 5.41) is 6.65. The monoisotopic (exact) mass is 371 g/mol. The van der Waals surface area contributed by atoms with Crippen LogP contribution in [-0.2, 0) is 0 Å². The number of amides is 1. The fraction of sp³-hybridized carbons (Fsp3) is 0.278. The van der Waals surface area contributed by atoms with Gasteiger partial charge in [0.15, 0.2) is 0 Å². The highest BCUT2D eigenvalue weighted by atomic mass is 32.1. The Morgan fingerprint density at radius 3 is 3.04 bits per heavy atom. The van der Waals surface area contributed by atoms with E-state index in [1.54, 1.807) is 36.0 Å². The van der Waals surface area contributed by atoms with Gasteiger partial charge in [-0.25, -0.2) is 14.1 Å². The zero-order chi connectivity index (χ0) is 18.1. The third kappa shape index (κ3) is 3.02. The minimum absolute atomic E-state index is 0.0815. The van der Waals surface area contributed by atoms with Crippen molar-refractivity contribution < 1.29 is 9.18 Å². The zero-order valence-electron chi connectivity index (χ0n) is 14.0. The first-order valence-corrected chi connectivity index (χ1v) is 9.32. The van der Waals surface area contributed by atoms with Crippen LogP contribution in [0.25, 0.3) is 16.3 Å². The molecule has 0 bridgehead atoms. The molecule has 1 saturated heterocycles. The van der Waals surface area contributed by atoms with Crippen molar-refractivity contribution in [2.24, 2.45) is 5.73 Å². The Kier molecular flexibility index (Phi) is 4.52. The molecule has 0 spiro atoms. The molecular formula is C18H18FN5OS. The molecule has 3 aromatic rings. The number of para-hydroxylation sites is 1. The van der Waals surface area contributed by atoms with Gasteiger partial charge in [-0.3, -0.25) is 4.79 Å². The molecule has 1 aliphatic heterocycles. The predicted molar refractivity (Wildman–Crippen MR) is 97.7 cm³/mol. The smallest absolute Gasteiger partial charge is 0.273 e. The van der Waals surface area contributed by atoms with E-state index in [9.17, 15) is 9.18 Å². The van der Waals surface area contributed by atoms with Crippen LogP contribution in [-0.4, -0.2) is 44.7 Å². The predicted octanol–water partition coefficient (Wildman–Crippen LogP) is 2.70. The van der Waals surface area contributed by atoms with Crippen LogP contribution in [0.4, 0.5) is 4.39 Å². The number of benzene rings is 1. The van der Waals surface area contributed by atoms with Gasteiger partial charge in [0.1, 0.15) is 22.2 Å². The summed E-state index contributed by atoms with van der Waals surface area (Å²) < 4.78 is 15.4. The standard InChI is InChI=1S/C18H18FN5OS/c19-14-5-1-2-6-16(14)24-10-12(9-21-24)17-22-15(11-26-17)18(25)23-7-3-4-13(23)8-20/h1-2,5-6,9-11,13H,3-4,7-8,20H2/t13-/m1/s1. The lowest BCUT2D eigenvalue weighted by molar-refractivity contribution is 0.0736. The average molecular weight is 371 g/mol. The largest absolute Gasteiger partial charge is 0.333 e. The number of likely N-dealkylation sites (tertiary alicyclic amines) is 1. The molecule has 134 valence electrons. The number of carbonyl (C=O) groups excluding carboxylic acids is 1. The average Bonchev–Trinajstić information content (AvgIpc) is 3.40. The van der Waals surface area contributed by atoms with Gasteiger partial charge in [-0.05, 0) is 25.0 Å². The third-order valence-electron chi connectivity index (χ3n) is 4.56. The van der Waals surface area contributed by atoms with Crippen LogP contribution in [0.2, 0.25) is 0 Å². The number of aromatic nitrogens is 3. The minimum atomic E-state index is -0.348. The van der Waals surface area contributed by atoms with E-state index < -0.39 is 0 Å². The second kappa shape index (κ2) is 6.97. The van der Waals surface area contributed by atoms with Gasteiger partial charge in [0.05, 0.1) is 6.20 Å². The van der Waals surface area contributed by atoms with Crippen LogP contribution < -0.4 is 5.73 Å². The number of halogens is 1. The number of nitrogens with zero attached hydrogens (tertiary/aromatic N) is 4. The van der Waals surface area contributed by atoms with Crippen molar-refractivity contribution in [2.45, 2.75) is 18.9 Å². The van der Waals surface area contributed by atoms with E-state index in [1.807, 2.05) is 4.90 Å². The van der Waals surface area contributed by atoms with Crippen LogP contribution in [0.1, 0.15) is 23.3 Å². The highest BCUT2D eigenvalue weighted by Crippen LogP contribution is 2.27. The molecular weight excluding hydrogens is 353 g/mol. The Balaban J connectivity index is 1.57. The molecule has 1 aromatic carbocycles. The van der Waals surface area contributed by atoms with Crippen molar-refractivity contribution in [1.82, 2.24) is 19.7 Å². The molecule has 1 amide bonds. The van der Waals surface area contributed by atoms with Gasteiger partial charge in [0.2, 0.25) is 0 Å². The first kappa shape index (κ1) is 16.9. The van der Waals surface area contributed by atoms with E-state index in [1.165, 1.54) is 22.1 Å². The summed E-state index contributed by atoms with van der Waals surface area (Å²) in [4.78, 5) is 18.9. The van der Waals surface area contributed by atoms with Crippen molar-refractivity contribution in [1.29, 1.82) is 0 Å². The molecule has 0 unspecified atom stereocenters. The highest BCUT2D eigenvalue weighted by molar-refractivity contribution is 7.13. The van der Waals surface area contributed by atoms with E-state index in [0.717, 1.165) is 24.9 Å². The fourth-order valence-electron chi connectivity index (χ4n) is 3.20. The molecule has 0 saturated carbocycles. The Hall–Kier alpha value is -2.58. The number of hydrogen-bond acceptors (Lipinski definition) is 5. The van der Waals surface area contributed by atoms with Crippen LogP contribution in [0, 0.1) is 5.82 Å². The Labute approximate surface area is 154 Å². The van der Waals surface area contributed by atoms with Gasteiger partial charge in [-0.15, -0.1) is 11.3 Å². The number of rotatable bonds is 4. The molecule has 8 heteroatoms. The molecule has 4 rings (SSSR count). The lowest BCUT2D eigenvalue weighted by atomic mass is 10.2.